The Morgan fingerprint density at radius 1 is 1.02 bits per heavy atom. The van der Waals surface area contributed by atoms with Gasteiger partial charge in [-0.3, -0.25) is 14.6 Å². The second-order valence-electron chi connectivity index (χ2n) is 10.3. The molecule has 4 rings (SSSR count). The fraction of sp³-hybridized carbons (Fsp3) is 0.655. The van der Waals surface area contributed by atoms with Gasteiger partial charge >= 0.3 is 11.9 Å². The number of phenolic OH excluding ortho intramolecular Hbond substituents is 1. The Hall–Kier alpha value is -2.70. The van der Waals surface area contributed by atoms with Crippen LogP contribution in [0.15, 0.2) is 11.6 Å². The van der Waals surface area contributed by atoms with Gasteiger partial charge in [0.05, 0.1) is 40.1 Å². The van der Waals surface area contributed by atoms with Gasteiger partial charge in [-0.25, -0.2) is 4.79 Å². The van der Waals surface area contributed by atoms with Gasteiger partial charge in [-0.2, -0.15) is 0 Å². The van der Waals surface area contributed by atoms with Crippen molar-refractivity contribution < 1.29 is 43.1 Å². The van der Waals surface area contributed by atoms with Crippen molar-refractivity contribution in [2.75, 3.05) is 86.0 Å². The van der Waals surface area contributed by atoms with E-state index in [9.17, 15) is 14.7 Å². The van der Waals surface area contributed by atoms with E-state index in [4.69, 9.17) is 28.4 Å². The van der Waals surface area contributed by atoms with Gasteiger partial charge in [-0.05, 0) is 26.7 Å². The number of morpholine rings is 2. The molecule has 222 valence electrons. The topological polar surface area (TPSA) is 116 Å². The van der Waals surface area contributed by atoms with Crippen molar-refractivity contribution in [2.45, 2.75) is 39.4 Å². The average molecular weight is 563 g/mol. The summed E-state index contributed by atoms with van der Waals surface area (Å²) in [4.78, 5) is 29.4. The number of rotatable bonds is 13. The van der Waals surface area contributed by atoms with Crippen LogP contribution in [0.1, 0.15) is 53.1 Å². The summed E-state index contributed by atoms with van der Waals surface area (Å²) in [6, 6.07) is 0. The molecular weight excluding hydrogens is 520 g/mol. The third kappa shape index (κ3) is 7.73. The predicted molar refractivity (Wildman–Crippen MR) is 146 cm³/mol. The zero-order valence-electron chi connectivity index (χ0n) is 23.9. The van der Waals surface area contributed by atoms with E-state index in [0.29, 0.717) is 88.0 Å². The minimum Gasteiger partial charge on any atom is -0.507 e. The molecule has 0 spiro atoms. The van der Waals surface area contributed by atoms with E-state index in [2.05, 4.69) is 9.80 Å². The summed E-state index contributed by atoms with van der Waals surface area (Å²) in [6.45, 7) is 12.1. The fourth-order valence-corrected chi connectivity index (χ4v) is 5.20. The molecule has 0 saturated carbocycles. The van der Waals surface area contributed by atoms with Crippen molar-refractivity contribution >= 4 is 11.9 Å². The van der Waals surface area contributed by atoms with Crippen molar-refractivity contribution in [3.8, 4) is 11.5 Å². The summed E-state index contributed by atoms with van der Waals surface area (Å²) in [6.07, 6.45) is 2.17. The molecule has 0 amide bonds. The number of hydrogen-bond donors (Lipinski definition) is 1. The molecule has 40 heavy (non-hydrogen) atoms. The van der Waals surface area contributed by atoms with Crippen LogP contribution in [0.25, 0.3) is 0 Å². The third-order valence-corrected chi connectivity index (χ3v) is 7.60. The molecule has 0 aliphatic carbocycles. The van der Waals surface area contributed by atoms with Gasteiger partial charge in [0.25, 0.3) is 0 Å². The molecule has 0 bridgehead atoms. The summed E-state index contributed by atoms with van der Waals surface area (Å²) < 4.78 is 33.2. The van der Waals surface area contributed by atoms with E-state index in [1.54, 1.807) is 0 Å². The van der Waals surface area contributed by atoms with Crippen molar-refractivity contribution in [3.05, 3.63) is 33.9 Å². The Morgan fingerprint density at radius 2 is 1.65 bits per heavy atom. The highest BCUT2D eigenvalue weighted by Crippen LogP contribution is 2.46. The molecule has 2 fully saturated rings. The predicted octanol–water partition coefficient (Wildman–Crippen LogP) is 2.37. The fourth-order valence-electron chi connectivity index (χ4n) is 5.20. The highest BCUT2D eigenvalue weighted by atomic mass is 16.7. The Morgan fingerprint density at radius 3 is 2.27 bits per heavy atom. The number of cyclic esters (lactones) is 1. The summed E-state index contributed by atoms with van der Waals surface area (Å²) in [5.41, 5.74) is 2.79. The zero-order valence-corrected chi connectivity index (χ0v) is 23.9. The van der Waals surface area contributed by atoms with E-state index in [-0.39, 0.29) is 23.7 Å². The van der Waals surface area contributed by atoms with E-state index in [1.165, 1.54) is 7.11 Å². The molecule has 1 atom stereocenters. The van der Waals surface area contributed by atoms with Gasteiger partial charge in [-0.15, -0.1) is 0 Å². The molecule has 3 aliphatic heterocycles. The number of benzene rings is 1. The first kappa shape index (κ1) is 30.3. The Balaban J connectivity index is 1.33. The Kier molecular flexibility index (Phi) is 11.2. The van der Waals surface area contributed by atoms with Crippen LogP contribution in [-0.4, -0.2) is 113 Å². The molecule has 1 N–H and O–H groups in total. The number of nitrogens with zero attached hydrogens (tertiary/aromatic N) is 2. The molecular formula is C29H42N2O9. The standard InChI is InChI=1S/C29H42N2O9/c1-20(5-7-23(32)38-18-12-30-8-14-36-15-9-30)4-6-22-26(33)25-24(21(2)27(22)35-3)29(40-28(25)34)39-19-13-31-10-16-37-17-11-31/h4,29,33H,5-19H2,1-3H3/b20-4+. The van der Waals surface area contributed by atoms with Crippen LogP contribution < -0.4 is 4.74 Å². The van der Waals surface area contributed by atoms with Crippen LogP contribution in [0, 0.1) is 6.92 Å². The van der Waals surface area contributed by atoms with Crippen LogP contribution in [0.2, 0.25) is 0 Å². The summed E-state index contributed by atoms with van der Waals surface area (Å²) in [7, 11) is 1.53. The third-order valence-electron chi connectivity index (χ3n) is 7.60. The van der Waals surface area contributed by atoms with Crippen LogP contribution in [-0.2, 0) is 34.9 Å². The van der Waals surface area contributed by atoms with Gasteiger partial charge in [0, 0.05) is 62.4 Å². The lowest BCUT2D eigenvalue weighted by Crippen LogP contribution is -2.38. The second-order valence-corrected chi connectivity index (χ2v) is 10.3. The molecule has 3 aliphatic rings. The van der Waals surface area contributed by atoms with Crippen LogP contribution in [0.4, 0.5) is 0 Å². The molecule has 1 aromatic rings. The van der Waals surface area contributed by atoms with Crippen molar-refractivity contribution in [2.24, 2.45) is 0 Å². The number of phenols is 1. The lowest BCUT2D eigenvalue weighted by Gasteiger charge is -2.27. The number of hydrogen-bond acceptors (Lipinski definition) is 11. The number of esters is 2. The maximum absolute atomic E-state index is 12.8. The maximum atomic E-state index is 12.8. The van der Waals surface area contributed by atoms with Gasteiger partial charge < -0.3 is 33.5 Å². The molecule has 1 aromatic carbocycles. The van der Waals surface area contributed by atoms with E-state index in [0.717, 1.165) is 31.8 Å². The van der Waals surface area contributed by atoms with Gasteiger partial charge in [0.2, 0.25) is 6.29 Å². The molecule has 1 unspecified atom stereocenters. The maximum Gasteiger partial charge on any atom is 0.345 e. The van der Waals surface area contributed by atoms with Crippen LogP contribution in [0.5, 0.6) is 11.5 Å². The highest BCUT2D eigenvalue weighted by Gasteiger charge is 2.39. The first-order chi connectivity index (χ1) is 19.4. The first-order valence-corrected chi connectivity index (χ1v) is 14.0. The minimum atomic E-state index is -0.899. The number of fused-ring (bicyclic) bond motifs is 1. The average Bonchev–Trinajstić information content (AvgIpc) is 3.30. The smallest absolute Gasteiger partial charge is 0.345 e. The number of carbonyl (C=O) groups is 2. The van der Waals surface area contributed by atoms with E-state index in [1.807, 2.05) is 19.9 Å². The van der Waals surface area contributed by atoms with Crippen molar-refractivity contribution in [3.63, 3.8) is 0 Å². The molecule has 0 aromatic heterocycles. The van der Waals surface area contributed by atoms with Gasteiger partial charge in [0.1, 0.15) is 23.7 Å². The molecule has 3 heterocycles. The summed E-state index contributed by atoms with van der Waals surface area (Å²) in [5, 5.41) is 11.1. The summed E-state index contributed by atoms with van der Waals surface area (Å²) >= 11 is 0. The number of aromatic hydroxyl groups is 1. The van der Waals surface area contributed by atoms with Crippen molar-refractivity contribution in [1.29, 1.82) is 0 Å². The second kappa shape index (κ2) is 14.8. The monoisotopic (exact) mass is 562 g/mol. The molecule has 11 heteroatoms. The lowest BCUT2D eigenvalue weighted by molar-refractivity contribution is -0.144. The molecule has 2 saturated heterocycles. The first-order valence-electron chi connectivity index (χ1n) is 14.0. The molecule has 11 nitrogen and oxygen atoms in total. The number of ether oxygens (including phenoxy) is 6. The minimum absolute atomic E-state index is 0.125. The quantitative estimate of drug-likeness (QED) is 0.282. The highest BCUT2D eigenvalue weighted by molar-refractivity contribution is 5.98. The van der Waals surface area contributed by atoms with Crippen LogP contribution >= 0.6 is 0 Å². The number of allylic oxidation sites excluding steroid dienone is 2. The van der Waals surface area contributed by atoms with E-state index >= 15 is 0 Å². The largest absolute Gasteiger partial charge is 0.507 e. The zero-order chi connectivity index (χ0) is 28.5. The van der Waals surface area contributed by atoms with Gasteiger partial charge in [0.15, 0.2) is 0 Å². The van der Waals surface area contributed by atoms with E-state index < -0.39 is 12.3 Å². The van der Waals surface area contributed by atoms with Crippen LogP contribution in [0.3, 0.4) is 0 Å². The Labute approximate surface area is 235 Å². The normalized spacial score (nSPS) is 20.3. The lowest BCUT2D eigenvalue weighted by atomic mass is 9.94. The Bertz CT molecular complexity index is 1060. The molecule has 0 radical (unpaired) electrons. The van der Waals surface area contributed by atoms with Gasteiger partial charge in [-0.1, -0.05) is 11.6 Å². The number of carbonyl (C=O) groups excluding carboxylic acids is 2. The summed E-state index contributed by atoms with van der Waals surface area (Å²) in [5.74, 6) is -0.523. The van der Waals surface area contributed by atoms with Crippen molar-refractivity contribution in [1.82, 2.24) is 9.80 Å². The number of methoxy groups -OCH3 is 1. The SMILES string of the molecule is COc1c(C)c2c(c(O)c1C/C=C(\C)CCC(=O)OCCN1CCOCC1)C(=O)OC2OCCN1CCOCC1.